The molecule has 6 rings (SSSR count). The maximum absolute atomic E-state index is 13.7. The SMILES string of the molecule is O=C(OC1[C@H](OC(=O)c2ccccc2)[C@H](OC(=O)c2ccccc2)C(O)[C@H](OC(=O)c2ccccc2)[C@H]1OC(=O)c1ccccc1)c1ccccc1. The second kappa shape index (κ2) is 16.4. The average molecular weight is 701 g/mol. The smallest absolute Gasteiger partial charge is 0.338 e. The molecule has 0 heterocycles. The van der Waals surface area contributed by atoms with E-state index in [1.54, 1.807) is 91.0 Å². The number of aliphatic hydroxyl groups excluding tert-OH is 1. The highest BCUT2D eigenvalue weighted by atomic mass is 16.7. The Balaban J connectivity index is 1.47. The van der Waals surface area contributed by atoms with Crippen LogP contribution in [-0.4, -0.2) is 71.6 Å². The van der Waals surface area contributed by atoms with Crippen LogP contribution in [0.25, 0.3) is 0 Å². The van der Waals surface area contributed by atoms with Gasteiger partial charge in [0.05, 0.1) is 27.8 Å². The Labute approximate surface area is 298 Å². The zero-order valence-corrected chi connectivity index (χ0v) is 27.4. The van der Waals surface area contributed by atoms with Crippen LogP contribution in [0.3, 0.4) is 0 Å². The minimum absolute atomic E-state index is 0.0746. The van der Waals surface area contributed by atoms with Crippen molar-refractivity contribution in [1.82, 2.24) is 0 Å². The molecule has 0 aliphatic heterocycles. The number of hydrogen-bond acceptors (Lipinski definition) is 11. The minimum atomic E-state index is -1.99. The number of rotatable bonds is 10. The fraction of sp³-hybridized carbons (Fsp3) is 0.146. The molecule has 0 amide bonds. The molecule has 5 aromatic rings. The number of esters is 5. The van der Waals surface area contributed by atoms with Gasteiger partial charge in [-0.05, 0) is 60.7 Å². The molecule has 0 saturated heterocycles. The lowest BCUT2D eigenvalue weighted by Crippen LogP contribution is -2.68. The van der Waals surface area contributed by atoms with Crippen molar-refractivity contribution in [2.45, 2.75) is 36.6 Å². The predicted octanol–water partition coefficient (Wildman–Crippen LogP) is 5.49. The van der Waals surface area contributed by atoms with Crippen LogP contribution in [0.5, 0.6) is 0 Å². The Morgan fingerprint density at radius 2 is 0.481 bits per heavy atom. The van der Waals surface area contributed by atoms with E-state index in [1.807, 2.05) is 0 Å². The molecule has 52 heavy (non-hydrogen) atoms. The van der Waals surface area contributed by atoms with Gasteiger partial charge in [0, 0.05) is 0 Å². The van der Waals surface area contributed by atoms with Crippen molar-refractivity contribution in [3.63, 3.8) is 0 Å². The number of carbonyl (C=O) groups excluding carboxylic acids is 5. The molecular formula is C41H32O11. The van der Waals surface area contributed by atoms with Gasteiger partial charge in [0.15, 0.2) is 30.5 Å². The van der Waals surface area contributed by atoms with Crippen LogP contribution >= 0.6 is 0 Å². The van der Waals surface area contributed by atoms with Crippen molar-refractivity contribution in [1.29, 1.82) is 0 Å². The molecule has 5 aromatic carbocycles. The average Bonchev–Trinajstić information content (AvgIpc) is 3.20. The van der Waals surface area contributed by atoms with E-state index >= 15 is 0 Å². The summed E-state index contributed by atoms with van der Waals surface area (Å²) in [5, 5.41) is 12.0. The first kappa shape index (κ1) is 35.2. The normalized spacial score (nSPS) is 20.8. The summed E-state index contributed by atoms with van der Waals surface area (Å²) in [6.07, 6.45) is -11.1. The molecular weight excluding hydrogens is 668 g/mol. The van der Waals surface area contributed by atoms with Crippen molar-refractivity contribution < 1.29 is 52.8 Å². The lowest BCUT2D eigenvalue weighted by molar-refractivity contribution is -0.223. The van der Waals surface area contributed by atoms with Gasteiger partial charge in [0.25, 0.3) is 0 Å². The Kier molecular flexibility index (Phi) is 11.1. The van der Waals surface area contributed by atoms with E-state index in [-0.39, 0.29) is 27.8 Å². The van der Waals surface area contributed by atoms with E-state index in [4.69, 9.17) is 23.7 Å². The van der Waals surface area contributed by atoms with Crippen LogP contribution in [0, 0.1) is 0 Å². The fourth-order valence-corrected chi connectivity index (χ4v) is 5.64. The molecule has 0 radical (unpaired) electrons. The molecule has 1 N–H and O–H groups in total. The van der Waals surface area contributed by atoms with Crippen LogP contribution in [0.2, 0.25) is 0 Å². The third-order valence-corrected chi connectivity index (χ3v) is 8.23. The summed E-state index contributed by atoms with van der Waals surface area (Å²) >= 11 is 0. The second-order valence-corrected chi connectivity index (χ2v) is 11.7. The number of carbonyl (C=O) groups is 5. The summed E-state index contributed by atoms with van der Waals surface area (Å²) in [4.78, 5) is 68.1. The van der Waals surface area contributed by atoms with Gasteiger partial charge in [0.2, 0.25) is 0 Å². The summed E-state index contributed by atoms with van der Waals surface area (Å²) in [7, 11) is 0. The first-order valence-electron chi connectivity index (χ1n) is 16.3. The summed E-state index contributed by atoms with van der Waals surface area (Å²) < 4.78 is 29.5. The van der Waals surface area contributed by atoms with Crippen LogP contribution in [0.1, 0.15) is 51.8 Å². The first-order chi connectivity index (χ1) is 25.3. The lowest BCUT2D eigenvalue weighted by Gasteiger charge is -2.46. The Morgan fingerprint density at radius 3 is 0.692 bits per heavy atom. The monoisotopic (exact) mass is 700 g/mol. The highest BCUT2D eigenvalue weighted by molar-refractivity contribution is 5.92. The van der Waals surface area contributed by atoms with E-state index in [2.05, 4.69) is 0 Å². The van der Waals surface area contributed by atoms with Gasteiger partial charge in [-0.15, -0.1) is 0 Å². The van der Waals surface area contributed by atoms with Crippen molar-refractivity contribution in [2.24, 2.45) is 0 Å². The van der Waals surface area contributed by atoms with E-state index < -0.39 is 66.5 Å². The Hall–Kier alpha value is -6.59. The molecule has 11 heteroatoms. The molecule has 0 aromatic heterocycles. The van der Waals surface area contributed by atoms with E-state index in [1.165, 1.54) is 60.7 Å². The molecule has 0 spiro atoms. The largest absolute Gasteiger partial charge is 0.452 e. The van der Waals surface area contributed by atoms with Crippen LogP contribution in [0.15, 0.2) is 152 Å². The minimum Gasteiger partial charge on any atom is -0.452 e. The van der Waals surface area contributed by atoms with Crippen molar-refractivity contribution >= 4 is 29.8 Å². The summed E-state index contributed by atoms with van der Waals surface area (Å²) in [5.41, 5.74) is 0.389. The van der Waals surface area contributed by atoms with Gasteiger partial charge in [-0.25, -0.2) is 24.0 Å². The lowest BCUT2D eigenvalue weighted by atomic mass is 9.83. The summed E-state index contributed by atoms with van der Waals surface area (Å²) in [5.74, 6) is -4.69. The van der Waals surface area contributed by atoms with E-state index in [0.717, 1.165) is 0 Å². The van der Waals surface area contributed by atoms with Gasteiger partial charge < -0.3 is 28.8 Å². The van der Waals surface area contributed by atoms with Crippen LogP contribution < -0.4 is 0 Å². The topological polar surface area (TPSA) is 152 Å². The van der Waals surface area contributed by atoms with Gasteiger partial charge in [-0.3, -0.25) is 0 Å². The van der Waals surface area contributed by atoms with Gasteiger partial charge >= 0.3 is 29.8 Å². The highest BCUT2D eigenvalue weighted by Gasteiger charge is 2.59. The third kappa shape index (κ3) is 8.23. The van der Waals surface area contributed by atoms with Gasteiger partial charge in [0.1, 0.15) is 6.10 Å². The molecule has 6 atom stereocenters. The van der Waals surface area contributed by atoms with Gasteiger partial charge in [-0.1, -0.05) is 91.0 Å². The molecule has 2 unspecified atom stereocenters. The van der Waals surface area contributed by atoms with E-state index in [9.17, 15) is 29.1 Å². The van der Waals surface area contributed by atoms with Crippen molar-refractivity contribution in [3.8, 4) is 0 Å². The number of aliphatic hydroxyl groups is 1. The predicted molar refractivity (Wildman–Crippen MR) is 184 cm³/mol. The Bertz CT molecular complexity index is 1870. The summed E-state index contributed by atoms with van der Waals surface area (Å²) in [6, 6.07) is 39.0. The molecule has 1 fully saturated rings. The quantitative estimate of drug-likeness (QED) is 0.146. The fourth-order valence-electron chi connectivity index (χ4n) is 5.64. The molecule has 11 nitrogen and oxygen atoms in total. The molecule has 1 aliphatic rings. The number of ether oxygens (including phenoxy) is 5. The molecule has 0 bridgehead atoms. The maximum Gasteiger partial charge on any atom is 0.338 e. The zero-order valence-electron chi connectivity index (χ0n) is 27.4. The third-order valence-electron chi connectivity index (χ3n) is 8.23. The second-order valence-electron chi connectivity index (χ2n) is 11.7. The van der Waals surface area contributed by atoms with Crippen LogP contribution in [-0.2, 0) is 23.7 Å². The number of hydrogen-bond donors (Lipinski definition) is 1. The zero-order chi connectivity index (χ0) is 36.5. The highest BCUT2D eigenvalue weighted by Crippen LogP contribution is 2.35. The van der Waals surface area contributed by atoms with E-state index in [0.29, 0.717) is 0 Å². The van der Waals surface area contributed by atoms with Crippen LogP contribution in [0.4, 0.5) is 0 Å². The first-order valence-corrected chi connectivity index (χ1v) is 16.3. The summed E-state index contributed by atoms with van der Waals surface area (Å²) in [6.45, 7) is 0. The Morgan fingerprint density at radius 1 is 0.308 bits per heavy atom. The molecule has 1 saturated carbocycles. The number of benzene rings is 5. The molecule has 262 valence electrons. The van der Waals surface area contributed by atoms with Gasteiger partial charge in [-0.2, -0.15) is 0 Å². The van der Waals surface area contributed by atoms with Crippen molar-refractivity contribution in [3.05, 3.63) is 179 Å². The molecule has 1 aliphatic carbocycles. The standard InChI is InChI=1S/C41H32O11/c42-31-32(48-37(43)26-16-6-1-7-17-26)34(50-39(45)28-20-10-3-11-21-28)36(52-41(47)30-24-14-5-15-25-30)35(51-40(46)29-22-12-4-13-23-29)33(31)49-38(44)27-18-8-2-9-19-27/h1-25,31-36,42H/t31?,32-,33+,34-,35-,36?/m1/s1. The van der Waals surface area contributed by atoms with Crippen molar-refractivity contribution in [2.75, 3.05) is 0 Å². The maximum atomic E-state index is 13.7.